The highest BCUT2D eigenvalue weighted by Crippen LogP contribution is 2.60. The van der Waals surface area contributed by atoms with E-state index in [0.29, 0.717) is 11.3 Å². The zero-order chi connectivity index (χ0) is 8.22. The molecule has 62 valence electrons. The third-order valence-electron chi connectivity index (χ3n) is 3.85. The third-order valence-corrected chi connectivity index (χ3v) is 3.85. The van der Waals surface area contributed by atoms with Crippen molar-refractivity contribution < 1.29 is 5.11 Å². The molecule has 3 aliphatic rings. The SMILES string of the molecule is C=C1C(O)C[C@@H]2C[C@@H]1C2(C)C. The Bertz CT molecular complexity index is 205. The summed E-state index contributed by atoms with van der Waals surface area (Å²) in [6, 6.07) is 0. The molecule has 1 N–H and O–H groups in total. The number of aliphatic hydroxyl groups is 1. The first-order valence-electron chi connectivity index (χ1n) is 4.40. The van der Waals surface area contributed by atoms with Crippen LogP contribution in [0.1, 0.15) is 26.7 Å². The summed E-state index contributed by atoms with van der Waals surface area (Å²) in [6.45, 7) is 8.55. The molecule has 1 nitrogen and oxygen atoms in total. The molecule has 3 aliphatic carbocycles. The lowest BCUT2D eigenvalue weighted by atomic mass is 9.47. The summed E-state index contributed by atoms with van der Waals surface area (Å²) < 4.78 is 0. The minimum absolute atomic E-state index is 0.202. The van der Waals surface area contributed by atoms with Gasteiger partial charge in [0.2, 0.25) is 0 Å². The number of hydrogen-bond acceptors (Lipinski definition) is 1. The van der Waals surface area contributed by atoms with Crippen LogP contribution in [0.4, 0.5) is 0 Å². The molecule has 0 aliphatic heterocycles. The van der Waals surface area contributed by atoms with E-state index in [1.165, 1.54) is 6.42 Å². The Balaban J connectivity index is 2.23. The van der Waals surface area contributed by atoms with Crippen LogP contribution < -0.4 is 0 Å². The van der Waals surface area contributed by atoms with Crippen LogP contribution in [0.3, 0.4) is 0 Å². The van der Waals surface area contributed by atoms with E-state index in [-0.39, 0.29) is 6.10 Å². The standard InChI is InChI=1S/C10H16O/c1-6-8-4-7(5-9(6)11)10(8,2)3/h7-9,11H,1,4-5H2,2-3H3/t7-,8-,9?/m0/s1. The van der Waals surface area contributed by atoms with E-state index in [1.807, 2.05) is 0 Å². The zero-order valence-electron chi connectivity index (χ0n) is 7.30. The number of aliphatic hydroxyl groups excluding tert-OH is 1. The monoisotopic (exact) mass is 152 g/mol. The molecule has 11 heavy (non-hydrogen) atoms. The molecule has 0 amide bonds. The zero-order valence-corrected chi connectivity index (χ0v) is 7.30. The van der Waals surface area contributed by atoms with E-state index < -0.39 is 0 Å². The predicted octanol–water partition coefficient (Wildman–Crippen LogP) is 1.97. The van der Waals surface area contributed by atoms with Gasteiger partial charge >= 0.3 is 0 Å². The van der Waals surface area contributed by atoms with Crippen LogP contribution in [0.25, 0.3) is 0 Å². The molecular formula is C10H16O. The van der Waals surface area contributed by atoms with Gasteiger partial charge in [0.15, 0.2) is 0 Å². The number of fused-ring (bicyclic) bond motifs is 2. The van der Waals surface area contributed by atoms with Gasteiger partial charge in [0.05, 0.1) is 6.10 Å². The van der Waals surface area contributed by atoms with Crippen molar-refractivity contribution in [2.75, 3.05) is 0 Å². The van der Waals surface area contributed by atoms with Gasteiger partial charge in [-0.15, -0.1) is 0 Å². The lowest BCUT2D eigenvalue weighted by molar-refractivity contribution is -0.0705. The Morgan fingerprint density at radius 1 is 1.45 bits per heavy atom. The van der Waals surface area contributed by atoms with Gasteiger partial charge in [-0.25, -0.2) is 0 Å². The first kappa shape index (κ1) is 7.35. The maximum absolute atomic E-state index is 9.51. The molecule has 3 saturated carbocycles. The summed E-state index contributed by atoms with van der Waals surface area (Å²) in [4.78, 5) is 0. The highest BCUT2D eigenvalue weighted by molar-refractivity contribution is 5.22. The fraction of sp³-hybridized carbons (Fsp3) is 0.800. The van der Waals surface area contributed by atoms with Gasteiger partial charge in [0.25, 0.3) is 0 Å². The van der Waals surface area contributed by atoms with Crippen molar-refractivity contribution >= 4 is 0 Å². The molecule has 0 heterocycles. The molecule has 1 heteroatoms. The van der Waals surface area contributed by atoms with Crippen LogP contribution in [-0.4, -0.2) is 11.2 Å². The van der Waals surface area contributed by atoms with Crippen molar-refractivity contribution in [1.82, 2.24) is 0 Å². The average molecular weight is 152 g/mol. The van der Waals surface area contributed by atoms with Crippen LogP contribution in [0.5, 0.6) is 0 Å². The van der Waals surface area contributed by atoms with Gasteiger partial charge < -0.3 is 5.11 Å². The van der Waals surface area contributed by atoms with Gasteiger partial charge in [0.1, 0.15) is 0 Å². The summed E-state index contributed by atoms with van der Waals surface area (Å²) in [6.07, 6.45) is 2.01. The van der Waals surface area contributed by atoms with E-state index in [0.717, 1.165) is 17.9 Å². The highest BCUT2D eigenvalue weighted by atomic mass is 16.3. The maximum Gasteiger partial charge on any atom is 0.0753 e. The van der Waals surface area contributed by atoms with Crippen LogP contribution in [-0.2, 0) is 0 Å². The molecule has 1 unspecified atom stereocenters. The van der Waals surface area contributed by atoms with Gasteiger partial charge in [-0.1, -0.05) is 20.4 Å². The number of rotatable bonds is 0. The maximum atomic E-state index is 9.51. The van der Waals surface area contributed by atoms with E-state index in [4.69, 9.17) is 0 Å². The Morgan fingerprint density at radius 2 is 2.09 bits per heavy atom. The van der Waals surface area contributed by atoms with Crippen molar-refractivity contribution in [2.45, 2.75) is 32.8 Å². The molecule has 0 radical (unpaired) electrons. The Morgan fingerprint density at radius 3 is 2.45 bits per heavy atom. The van der Waals surface area contributed by atoms with Crippen molar-refractivity contribution in [2.24, 2.45) is 17.3 Å². The van der Waals surface area contributed by atoms with Crippen molar-refractivity contribution in [3.05, 3.63) is 12.2 Å². The van der Waals surface area contributed by atoms with Crippen molar-refractivity contribution in [3.63, 3.8) is 0 Å². The lowest BCUT2D eigenvalue weighted by Crippen LogP contribution is -2.53. The molecular weight excluding hydrogens is 136 g/mol. The molecule has 0 aromatic rings. The molecule has 3 atom stereocenters. The van der Waals surface area contributed by atoms with Crippen LogP contribution >= 0.6 is 0 Å². The molecule has 0 aromatic carbocycles. The second-order valence-corrected chi connectivity index (χ2v) is 4.63. The fourth-order valence-corrected chi connectivity index (χ4v) is 2.70. The summed E-state index contributed by atoms with van der Waals surface area (Å²) in [5.41, 5.74) is 1.51. The van der Waals surface area contributed by atoms with Crippen molar-refractivity contribution in [3.8, 4) is 0 Å². The fourth-order valence-electron chi connectivity index (χ4n) is 2.70. The smallest absolute Gasteiger partial charge is 0.0753 e. The predicted molar refractivity (Wildman–Crippen MR) is 45.1 cm³/mol. The first-order valence-corrected chi connectivity index (χ1v) is 4.40. The van der Waals surface area contributed by atoms with Crippen LogP contribution in [0, 0.1) is 17.3 Å². The lowest BCUT2D eigenvalue weighted by Gasteiger charge is -2.59. The van der Waals surface area contributed by atoms with Crippen molar-refractivity contribution in [1.29, 1.82) is 0 Å². The molecule has 3 rings (SSSR count). The molecule has 0 saturated heterocycles. The van der Waals surface area contributed by atoms with Gasteiger partial charge in [-0.2, -0.15) is 0 Å². The van der Waals surface area contributed by atoms with Crippen LogP contribution in [0.15, 0.2) is 12.2 Å². The second kappa shape index (κ2) is 1.89. The Hall–Kier alpha value is -0.300. The topological polar surface area (TPSA) is 20.2 Å². The van der Waals surface area contributed by atoms with E-state index in [1.54, 1.807) is 0 Å². The van der Waals surface area contributed by atoms with E-state index in [9.17, 15) is 5.11 Å². The Kier molecular flexibility index (Phi) is 1.26. The quantitative estimate of drug-likeness (QED) is 0.526. The largest absolute Gasteiger partial charge is 0.389 e. The third kappa shape index (κ3) is 0.750. The molecule has 2 bridgehead atoms. The van der Waals surface area contributed by atoms with Gasteiger partial charge in [-0.05, 0) is 35.7 Å². The van der Waals surface area contributed by atoms with E-state index in [2.05, 4.69) is 20.4 Å². The summed E-state index contributed by atoms with van der Waals surface area (Å²) in [5, 5.41) is 9.51. The van der Waals surface area contributed by atoms with Crippen LogP contribution in [0.2, 0.25) is 0 Å². The van der Waals surface area contributed by atoms with Gasteiger partial charge in [0, 0.05) is 0 Å². The summed E-state index contributed by atoms with van der Waals surface area (Å²) in [5.74, 6) is 1.34. The second-order valence-electron chi connectivity index (χ2n) is 4.63. The molecule has 0 aromatic heterocycles. The highest BCUT2D eigenvalue weighted by Gasteiger charge is 2.54. The average Bonchev–Trinajstić information content (AvgIpc) is 1.93. The van der Waals surface area contributed by atoms with E-state index >= 15 is 0 Å². The number of hydrogen-bond donors (Lipinski definition) is 1. The minimum atomic E-state index is -0.202. The molecule has 0 spiro atoms. The Labute approximate surface area is 68.1 Å². The first-order chi connectivity index (χ1) is 5.03. The summed E-state index contributed by atoms with van der Waals surface area (Å²) >= 11 is 0. The minimum Gasteiger partial charge on any atom is -0.389 e. The summed E-state index contributed by atoms with van der Waals surface area (Å²) in [7, 11) is 0. The molecule has 3 fully saturated rings. The van der Waals surface area contributed by atoms with Gasteiger partial charge in [-0.3, -0.25) is 0 Å². The normalized spacial score (nSPS) is 46.8.